The van der Waals surface area contributed by atoms with Gasteiger partial charge in [-0.3, -0.25) is 4.79 Å². The van der Waals surface area contributed by atoms with Crippen LogP contribution in [-0.2, 0) is 17.6 Å². The van der Waals surface area contributed by atoms with E-state index in [4.69, 9.17) is 4.74 Å². The van der Waals surface area contributed by atoms with Crippen LogP contribution in [0.3, 0.4) is 0 Å². The van der Waals surface area contributed by atoms with E-state index < -0.39 is 0 Å². The number of benzene rings is 2. The molecule has 0 radical (unpaired) electrons. The van der Waals surface area contributed by atoms with Crippen molar-refractivity contribution in [3.8, 4) is 22.6 Å². The van der Waals surface area contributed by atoms with Gasteiger partial charge in [-0.1, -0.05) is 76.5 Å². The Balaban J connectivity index is 2.06. The van der Waals surface area contributed by atoms with Crippen LogP contribution in [-0.4, -0.2) is 18.1 Å². The first-order valence-corrected chi connectivity index (χ1v) is 13.1. The molecule has 4 heteroatoms. The van der Waals surface area contributed by atoms with E-state index in [0.717, 1.165) is 35.3 Å². The van der Waals surface area contributed by atoms with Gasteiger partial charge in [0.15, 0.2) is 0 Å². The maximum Gasteiger partial charge on any atom is 0.224 e. The van der Waals surface area contributed by atoms with E-state index in [-0.39, 0.29) is 11.7 Å². The highest BCUT2D eigenvalue weighted by Gasteiger charge is 2.15. The molecule has 0 aromatic heterocycles. The highest BCUT2D eigenvalue weighted by molar-refractivity contribution is 5.94. The zero-order valence-corrected chi connectivity index (χ0v) is 21.7. The topological polar surface area (TPSA) is 58.6 Å². The minimum absolute atomic E-state index is 0.0629. The monoisotopic (exact) mass is 477 g/mol. The number of nitrogens with one attached hydrogen (secondary N) is 1. The molecule has 0 saturated heterocycles. The Labute approximate surface area is 212 Å². The molecule has 0 fully saturated rings. The number of anilines is 1. The fourth-order valence-electron chi connectivity index (χ4n) is 4.36. The minimum Gasteiger partial charge on any atom is -0.505 e. The SMILES string of the molecule is C=CCc1cc(NC(=O)CCCCCCCCCCC)c(O)c(-c2ccc(OC)c(CC=C)c2)c1. The first-order valence-electron chi connectivity index (χ1n) is 13.1. The standard InChI is InChI=1S/C31H43NO3/c1-5-8-9-10-11-12-13-14-15-18-30(33)32-28-22-24(16-6-2)21-27(31(28)34)25-19-20-29(35-4)26(23-25)17-7-3/h6-7,19-23,34H,2-3,5,8-18H2,1,4H3,(H,32,33). The van der Waals surface area contributed by atoms with E-state index in [2.05, 4.69) is 25.4 Å². The Hall–Kier alpha value is -3.01. The van der Waals surface area contributed by atoms with Crippen molar-refractivity contribution < 1.29 is 14.6 Å². The molecule has 2 aromatic carbocycles. The molecule has 0 atom stereocenters. The number of hydrogen-bond acceptors (Lipinski definition) is 3. The zero-order chi connectivity index (χ0) is 25.5. The van der Waals surface area contributed by atoms with Crippen molar-refractivity contribution in [3.63, 3.8) is 0 Å². The maximum atomic E-state index is 12.6. The van der Waals surface area contributed by atoms with Gasteiger partial charge in [-0.15, -0.1) is 13.2 Å². The van der Waals surface area contributed by atoms with Gasteiger partial charge in [0, 0.05) is 12.0 Å². The van der Waals surface area contributed by atoms with Crippen molar-refractivity contribution in [2.75, 3.05) is 12.4 Å². The molecule has 0 aliphatic heterocycles. The average molecular weight is 478 g/mol. The van der Waals surface area contributed by atoms with E-state index in [1.807, 2.05) is 42.5 Å². The highest BCUT2D eigenvalue weighted by Crippen LogP contribution is 2.39. The van der Waals surface area contributed by atoms with Gasteiger partial charge in [-0.2, -0.15) is 0 Å². The summed E-state index contributed by atoms with van der Waals surface area (Å²) in [7, 11) is 1.64. The number of ether oxygens (including phenoxy) is 1. The number of carbonyl (C=O) groups is 1. The van der Waals surface area contributed by atoms with Gasteiger partial charge in [0.2, 0.25) is 5.91 Å². The highest BCUT2D eigenvalue weighted by atomic mass is 16.5. The minimum atomic E-state index is -0.0629. The second kappa shape index (κ2) is 15.8. The summed E-state index contributed by atoms with van der Waals surface area (Å²) in [4.78, 5) is 12.6. The van der Waals surface area contributed by atoms with Crippen LogP contribution in [0.2, 0.25) is 0 Å². The van der Waals surface area contributed by atoms with Crippen molar-refractivity contribution in [1.29, 1.82) is 0 Å². The largest absolute Gasteiger partial charge is 0.505 e. The van der Waals surface area contributed by atoms with Gasteiger partial charge in [-0.25, -0.2) is 0 Å². The van der Waals surface area contributed by atoms with E-state index in [9.17, 15) is 9.90 Å². The Morgan fingerprint density at radius 3 is 2.23 bits per heavy atom. The number of carbonyl (C=O) groups excluding carboxylic acids is 1. The second-order valence-electron chi connectivity index (χ2n) is 9.18. The summed E-state index contributed by atoms with van der Waals surface area (Å²) in [5.74, 6) is 0.796. The van der Waals surface area contributed by atoms with E-state index in [1.165, 1.54) is 44.9 Å². The molecule has 4 nitrogen and oxygen atoms in total. The Morgan fingerprint density at radius 2 is 1.60 bits per heavy atom. The van der Waals surface area contributed by atoms with Crippen LogP contribution < -0.4 is 10.1 Å². The summed E-state index contributed by atoms with van der Waals surface area (Å²) in [5.41, 5.74) is 3.95. The summed E-state index contributed by atoms with van der Waals surface area (Å²) < 4.78 is 5.46. The zero-order valence-electron chi connectivity index (χ0n) is 21.7. The first kappa shape index (κ1) is 28.2. The molecule has 0 saturated carbocycles. The van der Waals surface area contributed by atoms with E-state index >= 15 is 0 Å². The van der Waals surface area contributed by atoms with Crippen LogP contribution in [0.1, 0.15) is 82.3 Å². The maximum absolute atomic E-state index is 12.6. The number of phenols is 1. The fourth-order valence-corrected chi connectivity index (χ4v) is 4.36. The van der Waals surface area contributed by atoms with Crippen molar-refractivity contribution in [2.45, 2.75) is 84.0 Å². The fraction of sp³-hybridized carbons (Fsp3) is 0.452. The molecule has 2 rings (SSSR count). The average Bonchev–Trinajstić information content (AvgIpc) is 2.85. The summed E-state index contributed by atoms with van der Waals surface area (Å²) >= 11 is 0. The molecule has 0 aliphatic carbocycles. The number of rotatable bonds is 17. The lowest BCUT2D eigenvalue weighted by Gasteiger charge is -2.16. The number of unbranched alkanes of at least 4 members (excludes halogenated alkanes) is 8. The van der Waals surface area contributed by atoms with Crippen LogP contribution in [0.25, 0.3) is 11.1 Å². The Bertz CT molecular complexity index is 964. The van der Waals surface area contributed by atoms with Crippen molar-refractivity contribution in [2.24, 2.45) is 0 Å². The predicted octanol–water partition coefficient (Wildman–Crippen LogP) is 8.38. The molecule has 1 amide bonds. The number of phenolic OH excluding ortho intramolecular Hbond substituents is 1. The number of hydrogen-bond donors (Lipinski definition) is 2. The van der Waals surface area contributed by atoms with Gasteiger partial charge >= 0.3 is 0 Å². The molecule has 0 heterocycles. The number of aromatic hydroxyl groups is 1. The molecule has 35 heavy (non-hydrogen) atoms. The molecule has 0 bridgehead atoms. The third kappa shape index (κ3) is 9.28. The normalized spacial score (nSPS) is 10.7. The second-order valence-corrected chi connectivity index (χ2v) is 9.18. The van der Waals surface area contributed by atoms with Crippen LogP contribution in [0, 0.1) is 0 Å². The third-order valence-electron chi connectivity index (χ3n) is 6.29. The summed E-state index contributed by atoms with van der Waals surface area (Å²) in [6, 6.07) is 9.61. The lowest BCUT2D eigenvalue weighted by molar-refractivity contribution is -0.116. The van der Waals surface area contributed by atoms with E-state index in [0.29, 0.717) is 30.5 Å². The van der Waals surface area contributed by atoms with Crippen molar-refractivity contribution in [3.05, 3.63) is 66.8 Å². The molecule has 2 N–H and O–H groups in total. The van der Waals surface area contributed by atoms with Gasteiger partial charge < -0.3 is 15.2 Å². The number of allylic oxidation sites excluding steroid dienone is 2. The molecule has 190 valence electrons. The predicted molar refractivity (Wildman–Crippen MR) is 148 cm³/mol. The molecule has 0 spiro atoms. The summed E-state index contributed by atoms with van der Waals surface area (Å²) in [6.45, 7) is 9.91. The van der Waals surface area contributed by atoms with Crippen molar-refractivity contribution >= 4 is 11.6 Å². The Morgan fingerprint density at radius 1 is 0.943 bits per heavy atom. The van der Waals surface area contributed by atoms with Crippen LogP contribution >= 0.6 is 0 Å². The van der Waals surface area contributed by atoms with Crippen LogP contribution in [0.5, 0.6) is 11.5 Å². The van der Waals surface area contributed by atoms with Crippen molar-refractivity contribution in [1.82, 2.24) is 0 Å². The molecule has 0 aliphatic rings. The van der Waals surface area contributed by atoms with Gasteiger partial charge in [0.25, 0.3) is 0 Å². The van der Waals surface area contributed by atoms with E-state index in [1.54, 1.807) is 7.11 Å². The molecule has 2 aromatic rings. The first-order chi connectivity index (χ1) is 17.0. The quantitative estimate of drug-likeness (QED) is 0.137. The Kier molecular flexibility index (Phi) is 12.7. The summed E-state index contributed by atoms with van der Waals surface area (Å²) in [6.07, 6.45) is 16.3. The lowest BCUT2D eigenvalue weighted by atomic mass is 9.96. The van der Waals surface area contributed by atoms with Gasteiger partial charge in [-0.05, 0) is 60.2 Å². The smallest absolute Gasteiger partial charge is 0.224 e. The number of methoxy groups -OCH3 is 1. The van der Waals surface area contributed by atoms with Gasteiger partial charge in [0.1, 0.15) is 11.5 Å². The van der Waals surface area contributed by atoms with Crippen LogP contribution in [0.15, 0.2) is 55.6 Å². The molecular weight excluding hydrogens is 434 g/mol. The van der Waals surface area contributed by atoms with Crippen LogP contribution in [0.4, 0.5) is 5.69 Å². The molecule has 0 unspecified atom stereocenters. The lowest BCUT2D eigenvalue weighted by Crippen LogP contribution is -2.11. The molecular formula is C31H43NO3. The van der Waals surface area contributed by atoms with Gasteiger partial charge in [0.05, 0.1) is 12.8 Å². The third-order valence-corrected chi connectivity index (χ3v) is 6.29. The number of amides is 1. The summed E-state index contributed by atoms with van der Waals surface area (Å²) in [5, 5.41) is 14.0.